The summed E-state index contributed by atoms with van der Waals surface area (Å²) in [5.41, 5.74) is 0.753. The number of likely N-dealkylation sites (tertiary alicyclic amines) is 1. The Hall–Kier alpha value is -0.0800. The molecule has 0 amide bonds. The molecule has 2 nitrogen and oxygen atoms in total. The summed E-state index contributed by atoms with van der Waals surface area (Å²) in [4.78, 5) is 2.84. The highest BCUT2D eigenvalue weighted by atomic mass is 15.1. The molecule has 1 aliphatic heterocycles. The van der Waals surface area contributed by atoms with Gasteiger partial charge >= 0.3 is 0 Å². The molecule has 0 atom stereocenters. The van der Waals surface area contributed by atoms with Crippen LogP contribution in [0.15, 0.2) is 0 Å². The molecule has 2 heteroatoms. The first-order valence-electron chi connectivity index (χ1n) is 9.68. The Bertz CT molecular complexity index is 321. The van der Waals surface area contributed by atoms with E-state index in [2.05, 4.69) is 17.1 Å². The number of hydrogen-bond donors (Lipinski definition) is 1. The number of nitrogens with zero attached hydrogens (tertiary/aromatic N) is 1. The minimum absolute atomic E-state index is 0.753. The van der Waals surface area contributed by atoms with Crippen LogP contribution in [0.25, 0.3) is 0 Å². The van der Waals surface area contributed by atoms with Crippen LogP contribution < -0.4 is 5.32 Å². The van der Waals surface area contributed by atoms with Crippen molar-refractivity contribution in [3.05, 3.63) is 0 Å². The molecule has 4 saturated carbocycles. The molecule has 0 aromatic heterocycles. The molecule has 120 valence electrons. The Balaban J connectivity index is 1.31. The lowest BCUT2D eigenvalue weighted by Gasteiger charge is -2.58. The third kappa shape index (κ3) is 3.03. The number of rotatable bonds is 5. The summed E-state index contributed by atoms with van der Waals surface area (Å²) in [6, 6.07) is 0. The van der Waals surface area contributed by atoms with Gasteiger partial charge in [0.15, 0.2) is 0 Å². The van der Waals surface area contributed by atoms with Crippen LogP contribution in [-0.4, -0.2) is 37.6 Å². The van der Waals surface area contributed by atoms with E-state index >= 15 is 0 Å². The van der Waals surface area contributed by atoms with Crippen molar-refractivity contribution in [2.45, 2.75) is 58.3 Å². The molecule has 5 fully saturated rings. The predicted octanol–water partition coefficient (Wildman–Crippen LogP) is 3.52. The molecule has 4 aliphatic carbocycles. The molecular weight excluding hydrogens is 256 g/mol. The van der Waals surface area contributed by atoms with Gasteiger partial charge in [0.25, 0.3) is 0 Å². The van der Waals surface area contributed by atoms with Gasteiger partial charge in [-0.3, -0.25) is 0 Å². The molecular formula is C19H34N2. The predicted molar refractivity (Wildman–Crippen MR) is 88.3 cm³/mol. The first-order valence-corrected chi connectivity index (χ1v) is 9.68. The maximum atomic E-state index is 3.54. The normalized spacial score (nSPS) is 43.6. The summed E-state index contributed by atoms with van der Waals surface area (Å²) >= 11 is 0. The lowest BCUT2D eigenvalue weighted by atomic mass is 9.49. The zero-order valence-corrected chi connectivity index (χ0v) is 13.9. The Morgan fingerprint density at radius 3 is 2.05 bits per heavy atom. The quantitative estimate of drug-likeness (QED) is 0.833. The van der Waals surface area contributed by atoms with Crippen LogP contribution in [0, 0.1) is 29.1 Å². The lowest BCUT2D eigenvalue weighted by molar-refractivity contribution is -0.0723. The summed E-state index contributed by atoms with van der Waals surface area (Å²) in [7, 11) is 0. The third-order valence-corrected chi connectivity index (χ3v) is 7.11. The van der Waals surface area contributed by atoms with Crippen LogP contribution in [0.2, 0.25) is 0 Å². The Kier molecular flexibility index (Phi) is 4.04. The fraction of sp³-hybridized carbons (Fsp3) is 1.00. The van der Waals surface area contributed by atoms with Crippen molar-refractivity contribution in [3.8, 4) is 0 Å². The molecule has 21 heavy (non-hydrogen) atoms. The van der Waals surface area contributed by atoms with Gasteiger partial charge in [0.1, 0.15) is 0 Å². The number of hydrogen-bond acceptors (Lipinski definition) is 2. The maximum Gasteiger partial charge on any atom is 0.00383 e. The minimum atomic E-state index is 0.753. The Morgan fingerprint density at radius 1 is 0.952 bits per heavy atom. The van der Waals surface area contributed by atoms with E-state index in [0.29, 0.717) is 0 Å². The molecule has 4 bridgehead atoms. The van der Waals surface area contributed by atoms with Gasteiger partial charge in [0, 0.05) is 6.54 Å². The van der Waals surface area contributed by atoms with Gasteiger partial charge in [-0.2, -0.15) is 0 Å². The summed E-state index contributed by atoms with van der Waals surface area (Å²) in [5, 5.41) is 3.54. The van der Waals surface area contributed by atoms with Gasteiger partial charge in [-0.1, -0.05) is 6.92 Å². The second-order valence-electron chi connectivity index (χ2n) is 8.94. The maximum absolute atomic E-state index is 3.54. The first-order chi connectivity index (χ1) is 10.2. The highest BCUT2D eigenvalue weighted by Gasteiger charge is 2.51. The second kappa shape index (κ2) is 5.85. The van der Waals surface area contributed by atoms with E-state index < -0.39 is 0 Å². The molecule has 0 radical (unpaired) electrons. The molecule has 0 unspecified atom stereocenters. The molecule has 1 saturated heterocycles. The van der Waals surface area contributed by atoms with Crippen molar-refractivity contribution >= 4 is 0 Å². The van der Waals surface area contributed by atoms with Crippen LogP contribution in [-0.2, 0) is 0 Å². The van der Waals surface area contributed by atoms with Gasteiger partial charge < -0.3 is 10.2 Å². The number of piperidine rings is 1. The average Bonchev–Trinajstić information content (AvgIpc) is 2.45. The standard InChI is InChI=1S/C19H34N2/c1-2-20-13-15-3-5-21(6-4-15)14-19-10-16-7-17(11-19)9-18(8-16)12-19/h15-18,20H,2-14H2,1H3. The molecule has 1 N–H and O–H groups in total. The van der Waals surface area contributed by atoms with Crippen molar-refractivity contribution in [2.75, 3.05) is 32.7 Å². The van der Waals surface area contributed by atoms with E-state index in [0.717, 1.165) is 35.6 Å². The van der Waals surface area contributed by atoms with Crippen LogP contribution in [0.1, 0.15) is 58.3 Å². The zero-order chi connectivity index (χ0) is 14.3. The molecule has 1 heterocycles. The molecule has 0 aromatic carbocycles. The topological polar surface area (TPSA) is 15.3 Å². The summed E-state index contributed by atoms with van der Waals surface area (Å²) in [5.74, 6) is 4.28. The van der Waals surface area contributed by atoms with Gasteiger partial charge in [-0.15, -0.1) is 0 Å². The summed E-state index contributed by atoms with van der Waals surface area (Å²) < 4.78 is 0. The van der Waals surface area contributed by atoms with Crippen molar-refractivity contribution in [3.63, 3.8) is 0 Å². The van der Waals surface area contributed by atoms with Gasteiger partial charge in [0.05, 0.1) is 0 Å². The molecule has 5 aliphatic rings. The van der Waals surface area contributed by atoms with Crippen molar-refractivity contribution in [1.29, 1.82) is 0 Å². The van der Waals surface area contributed by atoms with Crippen LogP contribution in [0.4, 0.5) is 0 Å². The van der Waals surface area contributed by atoms with Crippen molar-refractivity contribution in [2.24, 2.45) is 29.1 Å². The van der Waals surface area contributed by atoms with Crippen LogP contribution in [0.3, 0.4) is 0 Å². The highest BCUT2D eigenvalue weighted by Crippen LogP contribution is 2.60. The SMILES string of the molecule is CCNCC1CCN(CC23CC4CC(CC(C4)C2)C3)CC1. The van der Waals surface area contributed by atoms with Gasteiger partial charge in [-0.25, -0.2) is 0 Å². The van der Waals surface area contributed by atoms with E-state index in [1.165, 1.54) is 39.0 Å². The smallest absolute Gasteiger partial charge is 0.00383 e. The fourth-order valence-corrected chi connectivity index (χ4v) is 6.66. The zero-order valence-electron chi connectivity index (χ0n) is 13.9. The van der Waals surface area contributed by atoms with E-state index in [1.54, 1.807) is 38.5 Å². The van der Waals surface area contributed by atoms with E-state index in [-0.39, 0.29) is 0 Å². The van der Waals surface area contributed by atoms with Crippen LogP contribution >= 0.6 is 0 Å². The number of nitrogens with one attached hydrogen (secondary N) is 1. The molecule has 0 aromatic rings. The van der Waals surface area contributed by atoms with E-state index in [9.17, 15) is 0 Å². The Morgan fingerprint density at radius 2 is 1.52 bits per heavy atom. The van der Waals surface area contributed by atoms with Gasteiger partial charge in [0.2, 0.25) is 0 Å². The largest absolute Gasteiger partial charge is 0.317 e. The third-order valence-electron chi connectivity index (χ3n) is 7.11. The summed E-state index contributed by atoms with van der Waals surface area (Å²) in [6.07, 6.45) is 12.4. The fourth-order valence-electron chi connectivity index (χ4n) is 6.66. The van der Waals surface area contributed by atoms with Gasteiger partial charge in [-0.05, 0) is 107 Å². The van der Waals surface area contributed by atoms with Crippen LogP contribution in [0.5, 0.6) is 0 Å². The monoisotopic (exact) mass is 290 g/mol. The molecule has 5 rings (SSSR count). The minimum Gasteiger partial charge on any atom is -0.317 e. The average molecular weight is 290 g/mol. The van der Waals surface area contributed by atoms with E-state index in [1.807, 2.05) is 0 Å². The first kappa shape index (κ1) is 14.5. The highest BCUT2D eigenvalue weighted by molar-refractivity contribution is 5.02. The molecule has 0 spiro atoms. The second-order valence-corrected chi connectivity index (χ2v) is 8.94. The summed E-state index contributed by atoms with van der Waals surface area (Å²) in [6.45, 7) is 8.80. The Labute approximate surface area is 131 Å². The van der Waals surface area contributed by atoms with Crippen molar-refractivity contribution < 1.29 is 0 Å². The lowest BCUT2D eigenvalue weighted by Crippen LogP contribution is -2.52. The van der Waals surface area contributed by atoms with E-state index in [4.69, 9.17) is 0 Å². The van der Waals surface area contributed by atoms with Crippen molar-refractivity contribution in [1.82, 2.24) is 10.2 Å².